The second kappa shape index (κ2) is 5.68. The number of benzene rings is 4. The molecule has 0 N–H and O–H groups in total. The molecule has 0 spiro atoms. The van der Waals surface area contributed by atoms with E-state index >= 15 is 0 Å². The lowest BCUT2D eigenvalue weighted by molar-refractivity contribution is 0.417. The number of hydrogen-bond donors (Lipinski definition) is 0. The molecule has 0 radical (unpaired) electrons. The standard InChI is InChI=1S/C23H20O/c1-15-8-9-19-14-23(24-3)22(13-20(19)10-15)21-12-18-7-5-4-6-17(18)11-16(21)2/h4-14H,1-3H3. The van der Waals surface area contributed by atoms with Crippen LogP contribution in [0.25, 0.3) is 32.7 Å². The van der Waals surface area contributed by atoms with Gasteiger partial charge in [0.15, 0.2) is 0 Å². The van der Waals surface area contributed by atoms with E-state index < -0.39 is 0 Å². The third kappa shape index (κ3) is 2.43. The zero-order valence-electron chi connectivity index (χ0n) is 14.3. The smallest absolute Gasteiger partial charge is 0.127 e. The van der Waals surface area contributed by atoms with Gasteiger partial charge in [0.05, 0.1) is 7.11 Å². The summed E-state index contributed by atoms with van der Waals surface area (Å²) in [5, 5.41) is 4.98. The summed E-state index contributed by atoms with van der Waals surface area (Å²) in [4.78, 5) is 0. The van der Waals surface area contributed by atoms with Crippen LogP contribution in [-0.4, -0.2) is 7.11 Å². The molecule has 1 heteroatoms. The maximum Gasteiger partial charge on any atom is 0.127 e. The Bertz CT molecular complexity index is 1060. The molecule has 0 amide bonds. The summed E-state index contributed by atoms with van der Waals surface area (Å²) in [6.07, 6.45) is 0. The minimum absolute atomic E-state index is 0.921. The van der Waals surface area contributed by atoms with E-state index in [0.29, 0.717) is 0 Å². The highest BCUT2D eigenvalue weighted by Crippen LogP contribution is 2.37. The molecule has 0 aliphatic rings. The molecule has 4 aromatic carbocycles. The number of fused-ring (bicyclic) bond motifs is 2. The van der Waals surface area contributed by atoms with Gasteiger partial charge in [-0.2, -0.15) is 0 Å². The lowest BCUT2D eigenvalue weighted by atomic mass is 9.93. The second-order valence-electron chi connectivity index (χ2n) is 6.42. The van der Waals surface area contributed by atoms with Crippen molar-refractivity contribution in [2.75, 3.05) is 7.11 Å². The van der Waals surface area contributed by atoms with E-state index in [4.69, 9.17) is 4.74 Å². The van der Waals surface area contributed by atoms with Crippen LogP contribution in [0.2, 0.25) is 0 Å². The second-order valence-corrected chi connectivity index (χ2v) is 6.42. The molecule has 4 aromatic rings. The fourth-order valence-corrected chi connectivity index (χ4v) is 3.42. The van der Waals surface area contributed by atoms with Gasteiger partial charge >= 0.3 is 0 Å². The van der Waals surface area contributed by atoms with Crippen LogP contribution in [0.1, 0.15) is 11.1 Å². The molecule has 0 aromatic heterocycles. The van der Waals surface area contributed by atoms with Gasteiger partial charge in [0, 0.05) is 5.56 Å². The van der Waals surface area contributed by atoms with Crippen LogP contribution in [0.3, 0.4) is 0 Å². The van der Waals surface area contributed by atoms with Crippen LogP contribution < -0.4 is 4.74 Å². The van der Waals surface area contributed by atoms with Crippen LogP contribution in [0.4, 0.5) is 0 Å². The van der Waals surface area contributed by atoms with Gasteiger partial charge in [-0.3, -0.25) is 0 Å². The Morgan fingerprint density at radius 2 is 1.29 bits per heavy atom. The summed E-state index contributed by atoms with van der Waals surface area (Å²) in [6.45, 7) is 4.30. The summed E-state index contributed by atoms with van der Waals surface area (Å²) in [5.41, 5.74) is 4.92. The third-order valence-electron chi connectivity index (χ3n) is 4.70. The highest BCUT2D eigenvalue weighted by atomic mass is 16.5. The maximum absolute atomic E-state index is 5.71. The molecule has 118 valence electrons. The number of aryl methyl sites for hydroxylation is 2. The zero-order valence-corrected chi connectivity index (χ0v) is 14.3. The highest BCUT2D eigenvalue weighted by molar-refractivity contribution is 5.95. The number of hydrogen-bond acceptors (Lipinski definition) is 1. The molecule has 0 atom stereocenters. The first kappa shape index (κ1) is 14.8. The van der Waals surface area contributed by atoms with Crippen molar-refractivity contribution in [1.82, 2.24) is 0 Å². The van der Waals surface area contributed by atoms with Crippen LogP contribution in [0.5, 0.6) is 5.75 Å². The average Bonchev–Trinajstić information content (AvgIpc) is 2.60. The quantitative estimate of drug-likeness (QED) is 0.423. The molecule has 4 rings (SSSR count). The topological polar surface area (TPSA) is 9.23 Å². The molecule has 24 heavy (non-hydrogen) atoms. The van der Waals surface area contributed by atoms with Gasteiger partial charge in [0.1, 0.15) is 5.75 Å². The monoisotopic (exact) mass is 312 g/mol. The number of ether oxygens (including phenoxy) is 1. The Labute approximate surface area is 142 Å². The average molecular weight is 312 g/mol. The largest absolute Gasteiger partial charge is 0.496 e. The first-order chi connectivity index (χ1) is 11.7. The van der Waals surface area contributed by atoms with Crippen molar-refractivity contribution in [3.8, 4) is 16.9 Å². The van der Waals surface area contributed by atoms with Crippen molar-refractivity contribution in [1.29, 1.82) is 0 Å². The first-order valence-electron chi connectivity index (χ1n) is 8.24. The molecule has 1 nitrogen and oxygen atoms in total. The molecular weight excluding hydrogens is 292 g/mol. The van der Waals surface area contributed by atoms with Crippen molar-refractivity contribution < 1.29 is 4.74 Å². The molecule has 0 saturated carbocycles. The Balaban J connectivity index is 2.02. The number of rotatable bonds is 2. The lowest BCUT2D eigenvalue weighted by Crippen LogP contribution is -1.91. The van der Waals surface area contributed by atoms with Crippen molar-refractivity contribution in [2.24, 2.45) is 0 Å². The van der Waals surface area contributed by atoms with Crippen molar-refractivity contribution in [3.63, 3.8) is 0 Å². The Hall–Kier alpha value is -2.80. The van der Waals surface area contributed by atoms with Crippen molar-refractivity contribution in [2.45, 2.75) is 13.8 Å². The van der Waals surface area contributed by atoms with Gasteiger partial charge in [0.2, 0.25) is 0 Å². The van der Waals surface area contributed by atoms with Crippen LogP contribution in [0, 0.1) is 13.8 Å². The van der Waals surface area contributed by atoms with E-state index in [0.717, 1.165) is 11.3 Å². The van der Waals surface area contributed by atoms with E-state index in [-0.39, 0.29) is 0 Å². The molecule has 0 aliphatic heterocycles. The summed E-state index contributed by atoms with van der Waals surface area (Å²) < 4.78 is 5.71. The zero-order chi connectivity index (χ0) is 16.7. The molecule has 0 unspecified atom stereocenters. The molecule has 0 aliphatic carbocycles. The van der Waals surface area contributed by atoms with E-state index in [9.17, 15) is 0 Å². The van der Waals surface area contributed by atoms with E-state index in [1.807, 2.05) is 0 Å². The Kier molecular flexibility index (Phi) is 3.50. The third-order valence-corrected chi connectivity index (χ3v) is 4.70. The van der Waals surface area contributed by atoms with Gasteiger partial charge in [-0.1, -0.05) is 54.1 Å². The van der Waals surface area contributed by atoms with Gasteiger partial charge < -0.3 is 4.74 Å². The first-order valence-corrected chi connectivity index (χ1v) is 8.24. The van der Waals surface area contributed by atoms with Crippen molar-refractivity contribution >= 4 is 21.5 Å². The van der Waals surface area contributed by atoms with Gasteiger partial charge in [-0.25, -0.2) is 0 Å². The SMILES string of the molecule is COc1cc2ccc(C)cc2cc1-c1cc2ccccc2cc1C. The predicted octanol–water partition coefficient (Wildman–Crippen LogP) is 6.29. The number of methoxy groups -OCH3 is 1. The Morgan fingerprint density at radius 1 is 0.625 bits per heavy atom. The summed E-state index contributed by atoms with van der Waals surface area (Å²) >= 11 is 0. The molecule has 0 heterocycles. The normalized spacial score (nSPS) is 11.1. The fourth-order valence-electron chi connectivity index (χ4n) is 3.42. The minimum Gasteiger partial charge on any atom is -0.496 e. The van der Waals surface area contributed by atoms with E-state index in [1.165, 1.54) is 38.2 Å². The Morgan fingerprint density at radius 3 is 2.04 bits per heavy atom. The highest BCUT2D eigenvalue weighted by Gasteiger charge is 2.11. The molecule has 0 fully saturated rings. The van der Waals surface area contributed by atoms with Crippen LogP contribution >= 0.6 is 0 Å². The van der Waals surface area contributed by atoms with E-state index in [2.05, 4.69) is 80.6 Å². The summed E-state index contributed by atoms with van der Waals surface area (Å²) in [7, 11) is 1.75. The van der Waals surface area contributed by atoms with Crippen LogP contribution in [0.15, 0.2) is 66.7 Å². The van der Waals surface area contributed by atoms with Crippen LogP contribution in [-0.2, 0) is 0 Å². The molecule has 0 bridgehead atoms. The van der Waals surface area contributed by atoms with Gasteiger partial charge in [-0.05, 0) is 64.7 Å². The molecular formula is C23H20O. The maximum atomic E-state index is 5.71. The fraction of sp³-hybridized carbons (Fsp3) is 0.130. The molecule has 0 saturated heterocycles. The lowest BCUT2D eigenvalue weighted by Gasteiger charge is -2.14. The van der Waals surface area contributed by atoms with Gasteiger partial charge in [-0.15, -0.1) is 0 Å². The van der Waals surface area contributed by atoms with Crippen molar-refractivity contribution in [3.05, 3.63) is 77.9 Å². The minimum atomic E-state index is 0.921. The van der Waals surface area contributed by atoms with Gasteiger partial charge in [0.25, 0.3) is 0 Å². The summed E-state index contributed by atoms with van der Waals surface area (Å²) in [5.74, 6) is 0.921. The van der Waals surface area contributed by atoms with E-state index in [1.54, 1.807) is 7.11 Å². The predicted molar refractivity (Wildman–Crippen MR) is 103 cm³/mol. The summed E-state index contributed by atoms with van der Waals surface area (Å²) in [6, 6.07) is 23.9.